The van der Waals surface area contributed by atoms with Gasteiger partial charge in [0.2, 0.25) is 0 Å². The van der Waals surface area contributed by atoms with Crippen molar-refractivity contribution in [3.8, 4) is 0 Å². The fourth-order valence-electron chi connectivity index (χ4n) is 3.47. The SMILES string of the molecule is CCCCCCCCCCCCCCCCCCN(C)CCCC. The lowest BCUT2D eigenvalue weighted by atomic mass is 10.0. The van der Waals surface area contributed by atoms with E-state index in [0.29, 0.717) is 0 Å². The van der Waals surface area contributed by atoms with Gasteiger partial charge in [-0.05, 0) is 33.0 Å². The number of hydrogen-bond donors (Lipinski definition) is 0. The Labute approximate surface area is 155 Å². The van der Waals surface area contributed by atoms with Gasteiger partial charge >= 0.3 is 0 Å². The summed E-state index contributed by atoms with van der Waals surface area (Å²) in [6.07, 6.45) is 26.0. The molecule has 0 rings (SSSR count). The average Bonchev–Trinajstić information content (AvgIpc) is 2.59. The maximum absolute atomic E-state index is 2.51. The van der Waals surface area contributed by atoms with E-state index in [0.717, 1.165) is 0 Å². The van der Waals surface area contributed by atoms with Gasteiger partial charge in [-0.15, -0.1) is 0 Å². The summed E-state index contributed by atoms with van der Waals surface area (Å²) in [7, 11) is 2.28. The predicted molar refractivity (Wildman–Crippen MR) is 112 cm³/mol. The summed E-state index contributed by atoms with van der Waals surface area (Å²) < 4.78 is 0. The second-order valence-corrected chi connectivity index (χ2v) is 7.96. The highest BCUT2D eigenvalue weighted by Crippen LogP contribution is 2.13. The van der Waals surface area contributed by atoms with Crippen molar-refractivity contribution in [1.29, 1.82) is 0 Å². The van der Waals surface area contributed by atoms with Crippen LogP contribution in [0.25, 0.3) is 0 Å². The van der Waals surface area contributed by atoms with E-state index >= 15 is 0 Å². The minimum Gasteiger partial charge on any atom is -0.306 e. The first-order valence-corrected chi connectivity index (χ1v) is 11.5. The van der Waals surface area contributed by atoms with Crippen molar-refractivity contribution in [2.75, 3.05) is 20.1 Å². The van der Waals surface area contributed by atoms with Crippen LogP contribution in [0.2, 0.25) is 0 Å². The van der Waals surface area contributed by atoms with Crippen molar-refractivity contribution >= 4 is 0 Å². The van der Waals surface area contributed by atoms with Gasteiger partial charge in [0.25, 0.3) is 0 Å². The highest BCUT2D eigenvalue weighted by molar-refractivity contribution is 4.53. The molecule has 24 heavy (non-hydrogen) atoms. The van der Waals surface area contributed by atoms with Crippen LogP contribution in [0.5, 0.6) is 0 Å². The summed E-state index contributed by atoms with van der Waals surface area (Å²) in [4.78, 5) is 2.51. The Morgan fingerprint density at radius 2 is 0.667 bits per heavy atom. The van der Waals surface area contributed by atoms with E-state index in [1.165, 1.54) is 129 Å². The van der Waals surface area contributed by atoms with Crippen molar-refractivity contribution in [3.63, 3.8) is 0 Å². The molecule has 0 fully saturated rings. The lowest BCUT2D eigenvalue weighted by Gasteiger charge is -2.15. The van der Waals surface area contributed by atoms with E-state index in [2.05, 4.69) is 25.8 Å². The molecule has 0 amide bonds. The first-order chi connectivity index (χ1) is 11.8. The molecule has 0 aromatic carbocycles. The van der Waals surface area contributed by atoms with E-state index < -0.39 is 0 Å². The lowest BCUT2D eigenvalue weighted by molar-refractivity contribution is 0.318. The second kappa shape index (κ2) is 21.0. The average molecular weight is 340 g/mol. The van der Waals surface area contributed by atoms with Crippen LogP contribution in [-0.4, -0.2) is 25.0 Å². The Hall–Kier alpha value is -0.0400. The Morgan fingerprint density at radius 1 is 0.375 bits per heavy atom. The summed E-state index contributed by atoms with van der Waals surface area (Å²) in [5.41, 5.74) is 0. The maximum Gasteiger partial charge on any atom is -0.00218 e. The monoisotopic (exact) mass is 339 g/mol. The molecule has 0 aliphatic rings. The topological polar surface area (TPSA) is 3.24 Å². The van der Waals surface area contributed by atoms with Crippen molar-refractivity contribution in [1.82, 2.24) is 4.90 Å². The minimum absolute atomic E-state index is 1.29. The molecule has 0 unspecified atom stereocenters. The van der Waals surface area contributed by atoms with Crippen LogP contribution in [0.4, 0.5) is 0 Å². The number of hydrogen-bond acceptors (Lipinski definition) is 1. The summed E-state index contributed by atoms with van der Waals surface area (Å²) >= 11 is 0. The number of unbranched alkanes of at least 4 members (excludes halogenated alkanes) is 16. The van der Waals surface area contributed by atoms with Gasteiger partial charge in [0, 0.05) is 0 Å². The van der Waals surface area contributed by atoms with Crippen LogP contribution >= 0.6 is 0 Å². The maximum atomic E-state index is 2.51. The Balaban J connectivity index is 3.02. The Bertz CT molecular complexity index is 214. The normalized spacial score (nSPS) is 11.5. The molecule has 146 valence electrons. The van der Waals surface area contributed by atoms with E-state index in [-0.39, 0.29) is 0 Å². The predicted octanol–water partition coefficient (Wildman–Crippen LogP) is 7.98. The molecule has 0 spiro atoms. The van der Waals surface area contributed by atoms with Crippen LogP contribution in [0.15, 0.2) is 0 Å². The van der Waals surface area contributed by atoms with Gasteiger partial charge in [0.05, 0.1) is 0 Å². The number of nitrogens with zero attached hydrogens (tertiary/aromatic N) is 1. The van der Waals surface area contributed by atoms with Gasteiger partial charge in [0.15, 0.2) is 0 Å². The third-order valence-electron chi connectivity index (χ3n) is 5.29. The van der Waals surface area contributed by atoms with E-state index in [1.54, 1.807) is 0 Å². The molecule has 1 nitrogen and oxygen atoms in total. The largest absolute Gasteiger partial charge is 0.306 e. The third-order valence-corrected chi connectivity index (χ3v) is 5.29. The molecule has 0 radical (unpaired) electrons. The summed E-state index contributed by atoms with van der Waals surface area (Å²) in [5, 5.41) is 0. The van der Waals surface area contributed by atoms with Crippen LogP contribution < -0.4 is 0 Å². The smallest absolute Gasteiger partial charge is 0.00218 e. The summed E-state index contributed by atoms with van der Waals surface area (Å²) in [6, 6.07) is 0. The zero-order valence-electron chi connectivity index (χ0n) is 17.6. The Kier molecular flexibility index (Phi) is 21.0. The molecule has 0 heterocycles. The first-order valence-electron chi connectivity index (χ1n) is 11.5. The van der Waals surface area contributed by atoms with Gasteiger partial charge in [-0.2, -0.15) is 0 Å². The second-order valence-electron chi connectivity index (χ2n) is 7.96. The summed E-state index contributed by atoms with van der Waals surface area (Å²) in [6.45, 7) is 7.17. The highest BCUT2D eigenvalue weighted by atomic mass is 15.1. The zero-order valence-corrected chi connectivity index (χ0v) is 17.6. The van der Waals surface area contributed by atoms with Gasteiger partial charge < -0.3 is 4.90 Å². The fourth-order valence-corrected chi connectivity index (χ4v) is 3.47. The lowest BCUT2D eigenvalue weighted by Crippen LogP contribution is -2.20. The van der Waals surface area contributed by atoms with Crippen molar-refractivity contribution in [2.24, 2.45) is 0 Å². The van der Waals surface area contributed by atoms with Crippen molar-refractivity contribution in [3.05, 3.63) is 0 Å². The minimum atomic E-state index is 1.29. The van der Waals surface area contributed by atoms with E-state index in [9.17, 15) is 0 Å². The van der Waals surface area contributed by atoms with Gasteiger partial charge in [-0.1, -0.05) is 117 Å². The van der Waals surface area contributed by atoms with Crippen LogP contribution in [0.3, 0.4) is 0 Å². The highest BCUT2D eigenvalue weighted by Gasteiger charge is 1.98. The molecule has 0 aromatic rings. The summed E-state index contributed by atoms with van der Waals surface area (Å²) in [5.74, 6) is 0. The standard InChI is InChI=1S/C23H49N/c1-4-6-8-9-10-11-12-13-14-15-16-17-18-19-20-21-23-24(3)22-7-5-2/h4-23H2,1-3H3. The van der Waals surface area contributed by atoms with E-state index in [4.69, 9.17) is 0 Å². The fraction of sp³-hybridized carbons (Fsp3) is 1.00. The molecule has 0 aromatic heterocycles. The zero-order chi connectivity index (χ0) is 17.7. The molecule has 0 saturated heterocycles. The van der Waals surface area contributed by atoms with Gasteiger partial charge in [-0.25, -0.2) is 0 Å². The molecule has 0 aliphatic heterocycles. The molecule has 0 N–H and O–H groups in total. The quantitative estimate of drug-likeness (QED) is 0.203. The van der Waals surface area contributed by atoms with E-state index in [1.807, 2.05) is 0 Å². The van der Waals surface area contributed by atoms with Gasteiger partial charge in [-0.3, -0.25) is 0 Å². The first kappa shape index (κ1) is 24.0. The van der Waals surface area contributed by atoms with Crippen LogP contribution in [-0.2, 0) is 0 Å². The number of rotatable bonds is 20. The van der Waals surface area contributed by atoms with Crippen molar-refractivity contribution < 1.29 is 0 Å². The molecule has 0 atom stereocenters. The van der Waals surface area contributed by atoms with Crippen LogP contribution in [0.1, 0.15) is 129 Å². The molecule has 1 heteroatoms. The molecule has 0 bridgehead atoms. The molecular formula is C23H49N. The van der Waals surface area contributed by atoms with Crippen molar-refractivity contribution in [2.45, 2.75) is 129 Å². The molecule has 0 aliphatic carbocycles. The van der Waals surface area contributed by atoms with Gasteiger partial charge in [0.1, 0.15) is 0 Å². The third kappa shape index (κ3) is 20.0. The Morgan fingerprint density at radius 3 is 1.04 bits per heavy atom. The molecule has 0 saturated carbocycles. The molecular weight excluding hydrogens is 290 g/mol. The van der Waals surface area contributed by atoms with Crippen LogP contribution in [0, 0.1) is 0 Å².